The van der Waals surface area contributed by atoms with Crippen molar-refractivity contribution in [3.63, 3.8) is 0 Å². The molecule has 0 saturated heterocycles. The standard InChI is InChI=1S/C18H20BrN3O/c1-12-7-13(2)18(14(3)8-12)20-11-17(23)22-21-10-15-5-4-6-16(19)9-15/h4-10,20H,11H2,1-3H3,(H,22,23)/b21-10-. The molecular weight excluding hydrogens is 354 g/mol. The summed E-state index contributed by atoms with van der Waals surface area (Å²) in [5.41, 5.74) is 7.92. The van der Waals surface area contributed by atoms with E-state index in [0.29, 0.717) is 0 Å². The van der Waals surface area contributed by atoms with Gasteiger partial charge >= 0.3 is 0 Å². The predicted octanol–water partition coefficient (Wildman–Crippen LogP) is 3.94. The predicted molar refractivity (Wildman–Crippen MR) is 99.0 cm³/mol. The molecule has 4 nitrogen and oxygen atoms in total. The van der Waals surface area contributed by atoms with E-state index in [9.17, 15) is 4.79 Å². The molecule has 0 atom stereocenters. The Labute approximate surface area is 145 Å². The third kappa shape index (κ3) is 5.21. The van der Waals surface area contributed by atoms with Crippen molar-refractivity contribution in [3.8, 4) is 0 Å². The molecule has 23 heavy (non-hydrogen) atoms. The van der Waals surface area contributed by atoms with E-state index in [-0.39, 0.29) is 12.5 Å². The van der Waals surface area contributed by atoms with Crippen LogP contribution in [0, 0.1) is 20.8 Å². The van der Waals surface area contributed by atoms with Crippen LogP contribution in [0.25, 0.3) is 0 Å². The molecule has 2 aromatic rings. The van der Waals surface area contributed by atoms with Gasteiger partial charge < -0.3 is 5.32 Å². The van der Waals surface area contributed by atoms with Crippen molar-refractivity contribution in [3.05, 3.63) is 63.1 Å². The van der Waals surface area contributed by atoms with Crippen molar-refractivity contribution in [2.75, 3.05) is 11.9 Å². The summed E-state index contributed by atoms with van der Waals surface area (Å²) in [6, 6.07) is 11.9. The van der Waals surface area contributed by atoms with Gasteiger partial charge in [-0.3, -0.25) is 4.79 Å². The molecule has 0 radical (unpaired) electrons. The SMILES string of the molecule is Cc1cc(C)c(NCC(=O)N/N=C\c2cccc(Br)c2)c(C)c1. The molecule has 0 aliphatic heterocycles. The molecule has 5 heteroatoms. The van der Waals surface area contributed by atoms with Gasteiger partial charge in [-0.05, 0) is 49.6 Å². The van der Waals surface area contributed by atoms with Gasteiger partial charge in [0.15, 0.2) is 0 Å². The first-order valence-corrected chi connectivity index (χ1v) is 8.14. The number of carbonyl (C=O) groups excluding carboxylic acids is 1. The molecule has 2 aromatic carbocycles. The lowest BCUT2D eigenvalue weighted by Crippen LogP contribution is -2.26. The number of benzene rings is 2. The van der Waals surface area contributed by atoms with E-state index in [2.05, 4.69) is 50.8 Å². The molecule has 0 unspecified atom stereocenters. The fourth-order valence-electron chi connectivity index (χ4n) is 2.43. The minimum absolute atomic E-state index is 0.181. The molecule has 0 fully saturated rings. The van der Waals surface area contributed by atoms with E-state index in [1.807, 2.05) is 38.1 Å². The minimum atomic E-state index is -0.185. The smallest absolute Gasteiger partial charge is 0.259 e. The first-order valence-electron chi connectivity index (χ1n) is 7.35. The molecule has 120 valence electrons. The molecule has 0 spiro atoms. The average molecular weight is 374 g/mol. The van der Waals surface area contributed by atoms with Crippen molar-refractivity contribution in [2.45, 2.75) is 20.8 Å². The van der Waals surface area contributed by atoms with Crippen molar-refractivity contribution in [1.82, 2.24) is 5.43 Å². The zero-order valence-electron chi connectivity index (χ0n) is 13.5. The van der Waals surface area contributed by atoms with Crippen molar-refractivity contribution in [2.24, 2.45) is 5.10 Å². The summed E-state index contributed by atoms with van der Waals surface area (Å²) >= 11 is 3.39. The van der Waals surface area contributed by atoms with Gasteiger partial charge in [-0.15, -0.1) is 0 Å². The Morgan fingerprint density at radius 3 is 2.52 bits per heavy atom. The maximum atomic E-state index is 11.9. The highest BCUT2D eigenvalue weighted by molar-refractivity contribution is 9.10. The lowest BCUT2D eigenvalue weighted by Gasteiger charge is -2.13. The van der Waals surface area contributed by atoms with Crippen LogP contribution in [0.2, 0.25) is 0 Å². The first kappa shape index (κ1) is 17.2. The fraction of sp³-hybridized carbons (Fsp3) is 0.222. The molecule has 0 saturated carbocycles. The van der Waals surface area contributed by atoms with Gasteiger partial charge in [0.2, 0.25) is 0 Å². The number of halogens is 1. The second-order valence-electron chi connectivity index (χ2n) is 5.48. The van der Waals surface area contributed by atoms with Gasteiger partial charge in [-0.2, -0.15) is 5.10 Å². The van der Waals surface area contributed by atoms with E-state index in [1.54, 1.807) is 6.21 Å². The van der Waals surface area contributed by atoms with E-state index in [4.69, 9.17) is 0 Å². The summed E-state index contributed by atoms with van der Waals surface area (Å²) in [5, 5.41) is 7.14. The zero-order valence-corrected chi connectivity index (χ0v) is 15.1. The summed E-state index contributed by atoms with van der Waals surface area (Å²) in [5.74, 6) is -0.185. The summed E-state index contributed by atoms with van der Waals surface area (Å²) in [7, 11) is 0. The van der Waals surface area contributed by atoms with Crippen LogP contribution in [0.5, 0.6) is 0 Å². The van der Waals surface area contributed by atoms with Crippen molar-refractivity contribution >= 4 is 33.7 Å². The van der Waals surface area contributed by atoms with Crippen LogP contribution in [0.1, 0.15) is 22.3 Å². The highest BCUT2D eigenvalue weighted by Crippen LogP contribution is 2.21. The van der Waals surface area contributed by atoms with Gasteiger partial charge in [0.25, 0.3) is 5.91 Å². The molecular formula is C18H20BrN3O. The Morgan fingerprint density at radius 1 is 1.17 bits per heavy atom. The number of nitrogens with zero attached hydrogens (tertiary/aromatic N) is 1. The first-order chi connectivity index (χ1) is 11.0. The van der Waals surface area contributed by atoms with E-state index in [1.165, 1.54) is 5.56 Å². The number of anilines is 1. The van der Waals surface area contributed by atoms with Crippen molar-refractivity contribution < 1.29 is 4.79 Å². The second kappa shape index (κ2) is 7.92. The Bertz CT molecular complexity index is 718. The number of aryl methyl sites for hydroxylation is 3. The maximum absolute atomic E-state index is 11.9. The van der Waals surface area contributed by atoms with Gasteiger partial charge in [0.05, 0.1) is 12.8 Å². The number of hydrogen-bond acceptors (Lipinski definition) is 3. The molecule has 2 N–H and O–H groups in total. The van der Waals surface area contributed by atoms with Crippen LogP contribution in [0.4, 0.5) is 5.69 Å². The number of nitrogens with one attached hydrogen (secondary N) is 2. The molecule has 1 amide bonds. The summed E-state index contributed by atoms with van der Waals surface area (Å²) in [6.07, 6.45) is 1.62. The number of carbonyl (C=O) groups is 1. The number of hydrazone groups is 1. The summed E-state index contributed by atoms with van der Waals surface area (Å²) in [6.45, 7) is 6.31. The molecule has 0 heterocycles. The Morgan fingerprint density at radius 2 is 1.87 bits per heavy atom. The average Bonchev–Trinajstić information content (AvgIpc) is 2.46. The van der Waals surface area contributed by atoms with Crippen LogP contribution in [0.15, 0.2) is 46.0 Å². The summed E-state index contributed by atoms with van der Waals surface area (Å²) < 4.78 is 0.972. The topological polar surface area (TPSA) is 53.5 Å². The highest BCUT2D eigenvalue weighted by Gasteiger charge is 2.05. The van der Waals surface area contributed by atoms with E-state index < -0.39 is 0 Å². The molecule has 2 rings (SSSR count). The number of rotatable bonds is 5. The number of amides is 1. The summed E-state index contributed by atoms with van der Waals surface area (Å²) in [4.78, 5) is 11.9. The van der Waals surface area contributed by atoms with Crippen LogP contribution in [-0.2, 0) is 4.79 Å². The van der Waals surface area contributed by atoms with Gasteiger partial charge in [0, 0.05) is 10.2 Å². The molecule has 0 bridgehead atoms. The Balaban J connectivity index is 1.88. The van der Waals surface area contributed by atoms with Crippen LogP contribution < -0.4 is 10.7 Å². The van der Waals surface area contributed by atoms with Gasteiger partial charge in [-0.25, -0.2) is 5.43 Å². The molecule has 0 aliphatic rings. The van der Waals surface area contributed by atoms with E-state index >= 15 is 0 Å². The molecule has 0 aromatic heterocycles. The lowest BCUT2D eigenvalue weighted by molar-refractivity contribution is -0.119. The number of hydrogen-bond donors (Lipinski definition) is 2. The van der Waals surface area contributed by atoms with Crippen LogP contribution >= 0.6 is 15.9 Å². The van der Waals surface area contributed by atoms with Crippen LogP contribution in [0.3, 0.4) is 0 Å². The lowest BCUT2D eigenvalue weighted by atomic mass is 10.1. The third-order valence-electron chi connectivity index (χ3n) is 3.35. The van der Waals surface area contributed by atoms with Gasteiger partial charge in [0.1, 0.15) is 0 Å². The fourth-order valence-corrected chi connectivity index (χ4v) is 2.85. The quantitative estimate of drug-likeness (QED) is 0.615. The molecule has 0 aliphatic carbocycles. The normalized spacial score (nSPS) is 10.8. The van der Waals surface area contributed by atoms with Crippen molar-refractivity contribution in [1.29, 1.82) is 0 Å². The highest BCUT2D eigenvalue weighted by atomic mass is 79.9. The van der Waals surface area contributed by atoms with E-state index in [0.717, 1.165) is 26.9 Å². The van der Waals surface area contributed by atoms with Crippen LogP contribution in [-0.4, -0.2) is 18.7 Å². The maximum Gasteiger partial charge on any atom is 0.259 e. The minimum Gasteiger partial charge on any atom is -0.376 e. The monoisotopic (exact) mass is 373 g/mol. The second-order valence-corrected chi connectivity index (χ2v) is 6.39. The van der Waals surface area contributed by atoms with Gasteiger partial charge in [-0.1, -0.05) is 45.8 Å². The zero-order chi connectivity index (χ0) is 16.8. The largest absolute Gasteiger partial charge is 0.376 e. The third-order valence-corrected chi connectivity index (χ3v) is 3.85. The Kier molecular flexibility index (Phi) is 5.93. The Hall–Kier alpha value is -2.14.